The number of hydrogen-bond acceptors (Lipinski definition) is 7. The van der Waals surface area contributed by atoms with Gasteiger partial charge in [-0.2, -0.15) is 4.98 Å². The van der Waals surface area contributed by atoms with Crippen LogP contribution in [0.4, 0.5) is 0 Å². The van der Waals surface area contributed by atoms with Crippen molar-refractivity contribution in [3.63, 3.8) is 0 Å². The zero-order valence-corrected chi connectivity index (χ0v) is 16.0. The Morgan fingerprint density at radius 3 is 2.78 bits per heavy atom. The number of benzene rings is 1. The first-order valence-corrected chi connectivity index (χ1v) is 9.41. The number of thiophene rings is 1. The molecule has 27 heavy (non-hydrogen) atoms. The molecule has 2 aromatic heterocycles. The van der Waals surface area contributed by atoms with E-state index in [1.807, 2.05) is 17.5 Å². The normalized spacial score (nSPS) is 10.6. The van der Waals surface area contributed by atoms with E-state index in [0.29, 0.717) is 42.6 Å². The molecule has 0 spiro atoms. The minimum atomic E-state index is -0.0302. The SMILES string of the molecule is COc1ccc(-c2noc(CCC(=O)NCCc3cccs3)n2)cc1OC. The second kappa shape index (κ2) is 9.18. The zero-order chi connectivity index (χ0) is 19.1. The summed E-state index contributed by atoms with van der Waals surface area (Å²) in [6.07, 6.45) is 1.54. The molecule has 1 aromatic carbocycles. The average molecular weight is 387 g/mol. The van der Waals surface area contributed by atoms with E-state index in [1.165, 1.54) is 4.88 Å². The van der Waals surface area contributed by atoms with E-state index in [-0.39, 0.29) is 5.91 Å². The number of carbonyl (C=O) groups excluding carboxylic acids is 1. The second-order valence-electron chi connectivity index (χ2n) is 5.76. The standard InChI is InChI=1S/C19H21N3O4S/c1-24-15-6-5-13(12-16(15)25-2)19-21-18(26-22-19)8-7-17(23)20-10-9-14-4-3-11-27-14/h3-6,11-12H,7-10H2,1-2H3,(H,20,23). The summed E-state index contributed by atoms with van der Waals surface area (Å²) in [5.74, 6) is 2.06. The Morgan fingerprint density at radius 1 is 1.19 bits per heavy atom. The molecule has 1 amide bonds. The molecule has 142 valence electrons. The van der Waals surface area contributed by atoms with Gasteiger partial charge in [0.2, 0.25) is 17.6 Å². The lowest BCUT2D eigenvalue weighted by Crippen LogP contribution is -2.25. The van der Waals surface area contributed by atoms with Crippen LogP contribution in [0.3, 0.4) is 0 Å². The van der Waals surface area contributed by atoms with Crippen molar-refractivity contribution in [2.24, 2.45) is 0 Å². The summed E-state index contributed by atoms with van der Waals surface area (Å²) in [4.78, 5) is 17.6. The minimum absolute atomic E-state index is 0.0302. The van der Waals surface area contributed by atoms with Crippen LogP contribution < -0.4 is 14.8 Å². The van der Waals surface area contributed by atoms with Gasteiger partial charge in [0.1, 0.15) is 0 Å². The van der Waals surface area contributed by atoms with Gasteiger partial charge < -0.3 is 19.3 Å². The van der Waals surface area contributed by atoms with Crippen LogP contribution >= 0.6 is 11.3 Å². The van der Waals surface area contributed by atoms with E-state index in [4.69, 9.17) is 14.0 Å². The van der Waals surface area contributed by atoms with Crippen molar-refractivity contribution in [1.82, 2.24) is 15.5 Å². The first-order chi connectivity index (χ1) is 13.2. The molecule has 3 aromatic rings. The fourth-order valence-corrected chi connectivity index (χ4v) is 3.25. The number of carbonyl (C=O) groups is 1. The lowest BCUT2D eigenvalue weighted by Gasteiger charge is -2.07. The molecule has 0 saturated carbocycles. The zero-order valence-electron chi connectivity index (χ0n) is 15.2. The van der Waals surface area contributed by atoms with Gasteiger partial charge in [-0.05, 0) is 36.1 Å². The molecule has 1 N–H and O–H groups in total. The Labute approximate surface area is 161 Å². The van der Waals surface area contributed by atoms with Crippen LogP contribution in [0.1, 0.15) is 17.2 Å². The van der Waals surface area contributed by atoms with Crippen LogP contribution in [0.5, 0.6) is 11.5 Å². The number of rotatable bonds is 9. The highest BCUT2D eigenvalue weighted by molar-refractivity contribution is 7.09. The number of ether oxygens (including phenoxy) is 2. The Bertz CT molecular complexity index is 877. The van der Waals surface area contributed by atoms with Gasteiger partial charge in [-0.25, -0.2) is 0 Å². The lowest BCUT2D eigenvalue weighted by molar-refractivity contribution is -0.121. The van der Waals surface area contributed by atoms with Crippen LogP contribution in [-0.4, -0.2) is 36.8 Å². The maximum absolute atomic E-state index is 11.9. The highest BCUT2D eigenvalue weighted by atomic mass is 32.1. The molecule has 0 aliphatic heterocycles. The molecule has 3 rings (SSSR count). The number of nitrogens with one attached hydrogen (secondary N) is 1. The van der Waals surface area contributed by atoms with E-state index >= 15 is 0 Å². The third-order valence-corrected chi connectivity index (χ3v) is 4.89. The molecule has 0 unspecified atom stereocenters. The van der Waals surface area contributed by atoms with Crippen LogP contribution in [0.2, 0.25) is 0 Å². The van der Waals surface area contributed by atoms with Crippen molar-refractivity contribution >= 4 is 17.2 Å². The smallest absolute Gasteiger partial charge is 0.227 e. The van der Waals surface area contributed by atoms with Crippen LogP contribution in [0.15, 0.2) is 40.2 Å². The minimum Gasteiger partial charge on any atom is -0.493 e. The Balaban J connectivity index is 1.51. The highest BCUT2D eigenvalue weighted by Crippen LogP contribution is 2.31. The van der Waals surface area contributed by atoms with Crippen LogP contribution in [0.25, 0.3) is 11.4 Å². The Kier molecular flexibility index (Phi) is 6.43. The second-order valence-corrected chi connectivity index (χ2v) is 6.79. The molecule has 0 aliphatic rings. The fraction of sp³-hybridized carbons (Fsp3) is 0.316. The molecular formula is C19H21N3O4S. The number of hydrogen-bond donors (Lipinski definition) is 1. The molecule has 8 heteroatoms. The number of nitrogens with zero attached hydrogens (tertiary/aromatic N) is 2. The monoisotopic (exact) mass is 387 g/mol. The van der Waals surface area contributed by atoms with Gasteiger partial charge >= 0.3 is 0 Å². The van der Waals surface area contributed by atoms with Crippen LogP contribution in [0, 0.1) is 0 Å². The molecule has 0 saturated heterocycles. The van der Waals surface area contributed by atoms with Crippen molar-refractivity contribution in [2.75, 3.05) is 20.8 Å². The number of amides is 1. The molecule has 0 bridgehead atoms. The van der Waals surface area contributed by atoms with Gasteiger partial charge in [-0.1, -0.05) is 11.2 Å². The summed E-state index contributed by atoms with van der Waals surface area (Å²) in [6.45, 7) is 0.625. The Hall–Kier alpha value is -2.87. The quantitative estimate of drug-likeness (QED) is 0.607. The van der Waals surface area contributed by atoms with Crippen molar-refractivity contribution in [1.29, 1.82) is 0 Å². The summed E-state index contributed by atoms with van der Waals surface area (Å²) in [7, 11) is 3.15. The van der Waals surface area contributed by atoms with E-state index in [1.54, 1.807) is 37.7 Å². The molecule has 7 nitrogen and oxygen atoms in total. The molecule has 0 radical (unpaired) electrons. The third-order valence-electron chi connectivity index (χ3n) is 3.95. The third kappa shape index (κ3) is 5.07. The summed E-state index contributed by atoms with van der Waals surface area (Å²) in [5, 5.41) is 8.91. The van der Waals surface area contributed by atoms with E-state index < -0.39 is 0 Å². The summed E-state index contributed by atoms with van der Waals surface area (Å²) in [5.41, 5.74) is 0.753. The molecule has 0 atom stereocenters. The van der Waals surface area contributed by atoms with E-state index in [2.05, 4.69) is 21.5 Å². The van der Waals surface area contributed by atoms with Crippen molar-refractivity contribution in [3.05, 3.63) is 46.5 Å². The summed E-state index contributed by atoms with van der Waals surface area (Å²) < 4.78 is 15.8. The number of aromatic nitrogens is 2. The number of aryl methyl sites for hydroxylation is 1. The van der Waals surface area contributed by atoms with E-state index in [9.17, 15) is 4.79 Å². The molecule has 0 fully saturated rings. The Morgan fingerprint density at radius 2 is 2.04 bits per heavy atom. The van der Waals surface area contributed by atoms with Crippen molar-refractivity contribution in [2.45, 2.75) is 19.3 Å². The maximum atomic E-state index is 11.9. The van der Waals surface area contributed by atoms with Gasteiger partial charge in [0.25, 0.3) is 0 Å². The lowest BCUT2D eigenvalue weighted by atomic mass is 10.2. The predicted molar refractivity (Wildman–Crippen MR) is 102 cm³/mol. The fourth-order valence-electron chi connectivity index (χ4n) is 2.54. The van der Waals surface area contributed by atoms with Gasteiger partial charge in [0.15, 0.2) is 11.5 Å². The topological polar surface area (TPSA) is 86.5 Å². The van der Waals surface area contributed by atoms with E-state index in [0.717, 1.165) is 12.0 Å². The molecular weight excluding hydrogens is 366 g/mol. The van der Waals surface area contributed by atoms with Gasteiger partial charge in [0.05, 0.1) is 14.2 Å². The number of methoxy groups -OCH3 is 2. The van der Waals surface area contributed by atoms with Crippen molar-refractivity contribution in [3.8, 4) is 22.9 Å². The largest absolute Gasteiger partial charge is 0.493 e. The predicted octanol–water partition coefficient (Wildman–Crippen LogP) is 3.11. The molecule has 2 heterocycles. The average Bonchev–Trinajstić information content (AvgIpc) is 3.38. The van der Waals surface area contributed by atoms with Gasteiger partial charge in [-0.15, -0.1) is 11.3 Å². The van der Waals surface area contributed by atoms with Gasteiger partial charge in [0, 0.05) is 29.8 Å². The van der Waals surface area contributed by atoms with Crippen molar-refractivity contribution < 1.29 is 18.8 Å². The summed E-state index contributed by atoms with van der Waals surface area (Å²) >= 11 is 1.69. The molecule has 0 aliphatic carbocycles. The first kappa shape index (κ1) is 18.9. The van der Waals surface area contributed by atoms with Gasteiger partial charge in [-0.3, -0.25) is 4.79 Å². The summed E-state index contributed by atoms with van der Waals surface area (Å²) in [6, 6.07) is 9.46. The first-order valence-electron chi connectivity index (χ1n) is 8.53. The van der Waals surface area contributed by atoms with Crippen LogP contribution in [-0.2, 0) is 17.6 Å². The highest BCUT2D eigenvalue weighted by Gasteiger charge is 2.13. The maximum Gasteiger partial charge on any atom is 0.227 e.